The summed E-state index contributed by atoms with van der Waals surface area (Å²) in [5.41, 5.74) is -4.25. The van der Waals surface area contributed by atoms with Crippen LogP contribution in [-0.2, 0) is 21.3 Å². The molecule has 0 aromatic heterocycles. The Morgan fingerprint density at radius 3 is 1.03 bits per heavy atom. The van der Waals surface area contributed by atoms with Crippen LogP contribution < -0.4 is 0 Å². The van der Waals surface area contributed by atoms with Gasteiger partial charge in [0.05, 0.1) is 31.2 Å². The van der Waals surface area contributed by atoms with Crippen molar-refractivity contribution >= 4 is 55.8 Å². The first-order valence-corrected chi connectivity index (χ1v) is 10.2. The van der Waals surface area contributed by atoms with E-state index in [9.17, 15) is 48.9 Å². The number of hydrogen-bond acceptors (Lipinski definition) is 10. The number of halogens is 2. The van der Waals surface area contributed by atoms with Gasteiger partial charge in [-0.25, -0.2) is 8.42 Å². The molecule has 0 saturated heterocycles. The summed E-state index contributed by atoms with van der Waals surface area (Å²) in [6, 6.07) is 2.94. The minimum Gasteiger partial charge on any atom is -0.258 e. The van der Waals surface area contributed by atoms with Gasteiger partial charge in [-0.3, -0.25) is 40.5 Å². The van der Waals surface area contributed by atoms with Crippen LogP contribution in [0.5, 0.6) is 0 Å². The Hall–Kier alpha value is -3.43. The average molecular weight is 495 g/mol. The van der Waals surface area contributed by atoms with Crippen molar-refractivity contribution in [3.8, 4) is 0 Å². The monoisotopic (exact) mass is 494 g/mol. The van der Waals surface area contributed by atoms with E-state index in [-0.39, 0.29) is 11.1 Å². The second-order valence-electron chi connectivity index (χ2n) is 5.96. The van der Waals surface area contributed by atoms with Gasteiger partial charge in [-0.2, -0.15) is 0 Å². The predicted octanol–water partition coefficient (Wildman–Crippen LogP) is 3.74. The summed E-state index contributed by atoms with van der Waals surface area (Å²) in [7, 11) is -4.26. The van der Waals surface area contributed by atoms with Gasteiger partial charge >= 0.3 is 0 Å². The van der Waals surface area contributed by atoms with Crippen LogP contribution in [0.1, 0.15) is 11.1 Å². The molecule has 0 fully saturated rings. The van der Waals surface area contributed by atoms with Crippen LogP contribution in [0.3, 0.4) is 0 Å². The first-order valence-electron chi connectivity index (χ1n) is 7.66. The number of nitrogens with zero attached hydrogens (tertiary/aromatic N) is 4. The van der Waals surface area contributed by atoms with Gasteiger partial charge < -0.3 is 0 Å². The zero-order valence-electron chi connectivity index (χ0n) is 14.8. The standard InChI is InChI=1S/C14H8Cl2N4O10S/c15-13-9(17(21)22)1-7(2-10(13)18(23)24)5-31(29,30)6-8-3-11(19(25)26)14(16)12(4-8)20(27)28/h1-4H,5-6H2. The van der Waals surface area contributed by atoms with Crippen LogP contribution in [0, 0.1) is 40.5 Å². The highest BCUT2D eigenvalue weighted by molar-refractivity contribution is 7.89. The van der Waals surface area contributed by atoms with E-state index in [2.05, 4.69) is 0 Å². The van der Waals surface area contributed by atoms with Crippen LogP contribution in [0.2, 0.25) is 10.0 Å². The molecule has 0 spiro atoms. The number of sulfone groups is 1. The molecule has 0 saturated carbocycles. The molecular formula is C14H8Cl2N4O10S. The number of nitro benzene ring substituents is 4. The Morgan fingerprint density at radius 1 is 0.613 bits per heavy atom. The second-order valence-corrected chi connectivity index (χ2v) is 8.78. The largest absolute Gasteiger partial charge is 0.295 e. The first-order chi connectivity index (χ1) is 14.2. The fourth-order valence-electron chi connectivity index (χ4n) is 2.56. The Bertz CT molecular complexity index is 1090. The number of rotatable bonds is 8. The number of hydrogen-bond donors (Lipinski definition) is 0. The summed E-state index contributed by atoms with van der Waals surface area (Å²) in [6.07, 6.45) is 0. The van der Waals surface area contributed by atoms with E-state index < -0.39 is 73.8 Å². The van der Waals surface area contributed by atoms with E-state index in [0.717, 1.165) is 24.3 Å². The molecule has 0 atom stereocenters. The van der Waals surface area contributed by atoms with E-state index in [1.54, 1.807) is 0 Å². The second kappa shape index (κ2) is 8.75. The van der Waals surface area contributed by atoms with Gasteiger partial charge in [-0.15, -0.1) is 0 Å². The van der Waals surface area contributed by atoms with Crippen molar-refractivity contribution in [2.24, 2.45) is 0 Å². The van der Waals surface area contributed by atoms with Gasteiger partial charge in [-0.1, -0.05) is 23.2 Å². The van der Waals surface area contributed by atoms with E-state index in [1.807, 2.05) is 0 Å². The summed E-state index contributed by atoms with van der Waals surface area (Å²) in [6.45, 7) is 0. The van der Waals surface area contributed by atoms with E-state index in [0.29, 0.717) is 0 Å². The molecule has 0 N–H and O–H groups in total. The third-order valence-electron chi connectivity index (χ3n) is 3.75. The fourth-order valence-corrected chi connectivity index (χ4v) is 4.50. The molecule has 2 aromatic carbocycles. The molecule has 2 aromatic rings. The smallest absolute Gasteiger partial charge is 0.258 e. The van der Waals surface area contributed by atoms with Gasteiger partial charge in [-0.05, 0) is 11.1 Å². The lowest BCUT2D eigenvalue weighted by molar-refractivity contribution is -0.394. The van der Waals surface area contributed by atoms with Crippen molar-refractivity contribution in [1.29, 1.82) is 0 Å². The summed E-state index contributed by atoms with van der Waals surface area (Å²) in [5.74, 6) is -1.90. The summed E-state index contributed by atoms with van der Waals surface area (Å²) in [5, 5.41) is 42.6. The summed E-state index contributed by atoms with van der Waals surface area (Å²) in [4.78, 5) is 40.1. The highest BCUT2D eigenvalue weighted by Crippen LogP contribution is 2.37. The fraction of sp³-hybridized carbons (Fsp3) is 0.143. The minimum absolute atomic E-state index is 0.347. The highest BCUT2D eigenvalue weighted by atomic mass is 35.5. The Balaban J connectivity index is 2.49. The molecule has 164 valence electrons. The van der Waals surface area contributed by atoms with Crippen LogP contribution in [0.25, 0.3) is 0 Å². The van der Waals surface area contributed by atoms with Crippen LogP contribution in [0.4, 0.5) is 22.7 Å². The lowest BCUT2D eigenvalue weighted by Crippen LogP contribution is -2.09. The van der Waals surface area contributed by atoms with Crippen molar-refractivity contribution in [2.75, 3.05) is 0 Å². The topological polar surface area (TPSA) is 207 Å². The van der Waals surface area contributed by atoms with Gasteiger partial charge in [0.1, 0.15) is 0 Å². The first kappa shape index (κ1) is 23.8. The van der Waals surface area contributed by atoms with Gasteiger partial charge in [0.2, 0.25) is 0 Å². The van der Waals surface area contributed by atoms with Crippen molar-refractivity contribution < 1.29 is 28.1 Å². The highest BCUT2D eigenvalue weighted by Gasteiger charge is 2.29. The van der Waals surface area contributed by atoms with Crippen LogP contribution in [0.15, 0.2) is 24.3 Å². The van der Waals surface area contributed by atoms with Crippen molar-refractivity contribution in [1.82, 2.24) is 0 Å². The SMILES string of the molecule is O=[N+]([O-])c1cc(CS(=O)(=O)Cc2cc([N+](=O)[O-])c(Cl)c([N+](=O)[O-])c2)cc([N+](=O)[O-])c1Cl. The quantitative estimate of drug-likeness (QED) is 0.383. The maximum Gasteiger partial charge on any atom is 0.295 e. The third-order valence-corrected chi connectivity index (χ3v) is 6.07. The normalized spacial score (nSPS) is 11.2. The predicted molar refractivity (Wildman–Crippen MR) is 106 cm³/mol. The van der Waals surface area contributed by atoms with E-state index >= 15 is 0 Å². The Kier molecular flexibility index (Phi) is 6.73. The zero-order chi connectivity index (χ0) is 23.7. The molecular weight excluding hydrogens is 487 g/mol. The van der Waals surface area contributed by atoms with Crippen molar-refractivity contribution in [2.45, 2.75) is 11.5 Å². The summed E-state index contributed by atoms with van der Waals surface area (Å²) >= 11 is 11.2. The molecule has 0 bridgehead atoms. The van der Waals surface area contributed by atoms with Crippen LogP contribution in [-0.4, -0.2) is 28.1 Å². The molecule has 0 heterocycles. The lowest BCUT2D eigenvalue weighted by atomic mass is 10.2. The minimum atomic E-state index is -4.26. The maximum atomic E-state index is 12.5. The lowest BCUT2D eigenvalue weighted by Gasteiger charge is -2.07. The molecule has 0 radical (unpaired) electrons. The van der Waals surface area contributed by atoms with E-state index in [4.69, 9.17) is 23.2 Å². The molecule has 0 aliphatic rings. The van der Waals surface area contributed by atoms with Crippen molar-refractivity contribution in [3.63, 3.8) is 0 Å². The molecule has 0 unspecified atom stereocenters. The Labute approximate surface area is 181 Å². The molecule has 2 rings (SSSR count). The van der Waals surface area contributed by atoms with Gasteiger partial charge in [0, 0.05) is 24.3 Å². The van der Waals surface area contributed by atoms with Gasteiger partial charge in [0.15, 0.2) is 19.9 Å². The third kappa shape index (κ3) is 5.39. The van der Waals surface area contributed by atoms with Crippen LogP contribution >= 0.6 is 23.2 Å². The van der Waals surface area contributed by atoms with E-state index in [1.165, 1.54) is 0 Å². The average Bonchev–Trinajstić information content (AvgIpc) is 2.62. The number of benzene rings is 2. The number of nitro groups is 4. The van der Waals surface area contributed by atoms with Gasteiger partial charge in [0.25, 0.3) is 22.7 Å². The molecule has 0 amide bonds. The molecule has 0 aliphatic carbocycles. The molecule has 17 heteroatoms. The molecule has 0 aliphatic heterocycles. The maximum absolute atomic E-state index is 12.5. The molecule has 31 heavy (non-hydrogen) atoms. The summed E-state index contributed by atoms with van der Waals surface area (Å²) < 4.78 is 25.0. The van der Waals surface area contributed by atoms with Crippen molar-refractivity contribution in [3.05, 3.63) is 85.9 Å². The Morgan fingerprint density at radius 2 is 0.839 bits per heavy atom. The zero-order valence-corrected chi connectivity index (χ0v) is 17.1. The molecule has 14 nitrogen and oxygen atoms in total.